The first kappa shape index (κ1) is 10.6. The van der Waals surface area contributed by atoms with Crippen LogP contribution in [0.3, 0.4) is 0 Å². The Morgan fingerprint density at radius 1 is 1.44 bits per heavy atom. The SMILES string of the molecule is O=C(NCc1ccccc1Cl)c1cnon1. The number of carbonyl (C=O) groups is 1. The molecule has 1 aromatic heterocycles. The van der Waals surface area contributed by atoms with Crippen LogP contribution in [-0.4, -0.2) is 16.2 Å². The third-order valence-corrected chi connectivity index (χ3v) is 2.36. The van der Waals surface area contributed by atoms with Gasteiger partial charge in [-0.2, -0.15) is 0 Å². The summed E-state index contributed by atoms with van der Waals surface area (Å²) in [4.78, 5) is 11.5. The lowest BCUT2D eigenvalue weighted by atomic mass is 10.2. The van der Waals surface area contributed by atoms with E-state index in [4.69, 9.17) is 11.6 Å². The predicted molar refractivity (Wildman–Crippen MR) is 56.9 cm³/mol. The summed E-state index contributed by atoms with van der Waals surface area (Å²) >= 11 is 5.93. The number of hydrogen-bond donors (Lipinski definition) is 1. The topological polar surface area (TPSA) is 68.0 Å². The van der Waals surface area contributed by atoms with Crippen LogP contribution >= 0.6 is 11.6 Å². The summed E-state index contributed by atoms with van der Waals surface area (Å²) in [5.41, 5.74) is 0.987. The van der Waals surface area contributed by atoms with Gasteiger partial charge in [-0.3, -0.25) is 4.79 Å². The second-order valence-electron chi connectivity index (χ2n) is 3.07. The molecular weight excluding hydrogens is 230 g/mol. The Labute approximate surface area is 96.4 Å². The van der Waals surface area contributed by atoms with E-state index in [2.05, 4.69) is 20.3 Å². The Morgan fingerprint density at radius 2 is 2.25 bits per heavy atom. The van der Waals surface area contributed by atoms with Crippen molar-refractivity contribution in [2.45, 2.75) is 6.54 Å². The molecule has 0 fully saturated rings. The van der Waals surface area contributed by atoms with E-state index < -0.39 is 0 Å². The second kappa shape index (κ2) is 4.76. The van der Waals surface area contributed by atoms with Crippen molar-refractivity contribution in [1.82, 2.24) is 15.6 Å². The molecule has 5 nitrogen and oxygen atoms in total. The number of halogens is 1. The average molecular weight is 238 g/mol. The van der Waals surface area contributed by atoms with Gasteiger partial charge in [-0.05, 0) is 16.8 Å². The quantitative estimate of drug-likeness (QED) is 0.882. The second-order valence-corrected chi connectivity index (χ2v) is 3.47. The van der Waals surface area contributed by atoms with E-state index >= 15 is 0 Å². The minimum absolute atomic E-state index is 0.145. The van der Waals surface area contributed by atoms with Gasteiger partial charge in [-0.1, -0.05) is 35.0 Å². The van der Waals surface area contributed by atoms with Gasteiger partial charge in [-0.25, -0.2) is 4.63 Å². The van der Waals surface area contributed by atoms with Gasteiger partial charge in [0, 0.05) is 11.6 Å². The van der Waals surface area contributed by atoms with Crippen molar-refractivity contribution in [1.29, 1.82) is 0 Å². The number of nitrogens with zero attached hydrogens (tertiary/aromatic N) is 2. The van der Waals surface area contributed by atoms with E-state index in [1.165, 1.54) is 6.20 Å². The van der Waals surface area contributed by atoms with E-state index in [-0.39, 0.29) is 11.6 Å². The van der Waals surface area contributed by atoms with E-state index in [9.17, 15) is 4.79 Å². The van der Waals surface area contributed by atoms with Crippen molar-refractivity contribution in [3.8, 4) is 0 Å². The van der Waals surface area contributed by atoms with Crippen molar-refractivity contribution >= 4 is 17.5 Å². The molecule has 1 aromatic carbocycles. The normalized spacial score (nSPS) is 10.1. The summed E-state index contributed by atoms with van der Waals surface area (Å²) in [5, 5.41) is 10.0. The van der Waals surface area contributed by atoms with Crippen LogP contribution < -0.4 is 5.32 Å². The summed E-state index contributed by atoms with van der Waals surface area (Å²) in [7, 11) is 0. The number of carbonyl (C=O) groups excluding carboxylic acids is 1. The maximum absolute atomic E-state index is 11.5. The smallest absolute Gasteiger partial charge is 0.275 e. The Morgan fingerprint density at radius 3 is 2.94 bits per heavy atom. The first-order chi connectivity index (χ1) is 7.77. The fraction of sp³-hybridized carbons (Fsp3) is 0.100. The summed E-state index contributed by atoms with van der Waals surface area (Å²) < 4.78 is 4.32. The highest BCUT2D eigenvalue weighted by Crippen LogP contribution is 2.14. The van der Waals surface area contributed by atoms with Gasteiger partial charge in [0.2, 0.25) is 0 Å². The lowest BCUT2D eigenvalue weighted by Gasteiger charge is -2.04. The highest BCUT2D eigenvalue weighted by molar-refractivity contribution is 6.31. The zero-order valence-corrected chi connectivity index (χ0v) is 8.94. The van der Waals surface area contributed by atoms with E-state index in [1.54, 1.807) is 6.07 Å². The molecule has 0 aliphatic rings. The fourth-order valence-corrected chi connectivity index (χ4v) is 1.38. The molecule has 0 unspecified atom stereocenters. The number of aromatic nitrogens is 2. The van der Waals surface area contributed by atoms with Crippen LogP contribution in [0, 0.1) is 0 Å². The molecule has 0 radical (unpaired) electrons. The van der Waals surface area contributed by atoms with E-state index in [0.29, 0.717) is 11.6 Å². The molecule has 82 valence electrons. The summed E-state index contributed by atoms with van der Waals surface area (Å²) in [6.45, 7) is 0.339. The largest absolute Gasteiger partial charge is 0.346 e. The first-order valence-corrected chi connectivity index (χ1v) is 4.94. The van der Waals surface area contributed by atoms with Gasteiger partial charge in [0.25, 0.3) is 5.91 Å². The van der Waals surface area contributed by atoms with Crippen LogP contribution in [0.1, 0.15) is 16.1 Å². The highest BCUT2D eigenvalue weighted by atomic mass is 35.5. The molecular formula is C10H8ClN3O2. The van der Waals surface area contributed by atoms with Gasteiger partial charge in [0.05, 0.1) is 0 Å². The summed E-state index contributed by atoms with van der Waals surface area (Å²) in [6.07, 6.45) is 1.25. The van der Waals surface area contributed by atoms with E-state index in [1.807, 2.05) is 18.2 Å². The number of hydrogen-bond acceptors (Lipinski definition) is 4. The molecule has 1 heterocycles. The Hall–Kier alpha value is -1.88. The maximum atomic E-state index is 11.5. The highest BCUT2D eigenvalue weighted by Gasteiger charge is 2.09. The van der Waals surface area contributed by atoms with Gasteiger partial charge < -0.3 is 5.32 Å². The van der Waals surface area contributed by atoms with Crippen molar-refractivity contribution in [2.75, 3.05) is 0 Å². The number of amides is 1. The molecule has 16 heavy (non-hydrogen) atoms. The molecule has 0 bridgehead atoms. The molecule has 1 amide bonds. The molecule has 2 aromatic rings. The molecule has 6 heteroatoms. The minimum atomic E-state index is -0.346. The zero-order valence-electron chi connectivity index (χ0n) is 8.18. The van der Waals surface area contributed by atoms with Crippen LogP contribution in [0.4, 0.5) is 0 Å². The van der Waals surface area contributed by atoms with Crippen LogP contribution in [0.15, 0.2) is 35.1 Å². The van der Waals surface area contributed by atoms with Gasteiger partial charge >= 0.3 is 0 Å². The molecule has 0 spiro atoms. The lowest BCUT2D eigenvalue weighted by molar-refractivity contribution is 0.0941. The lowest BCUT2D eigenvalue weighted by Crippen LogP contribution is -2.23. The molecule has 0 aliphatic heterocycles. The maximum Gasteiger partial charge on any atom is 0.275 e. The first-order valence-electron chi connectivity index (χ1n) is 4.56. The molecule has 1 N–H and O–H groups in total. The molecule has 0 saturated carbocycles. The van der Waals surface area contributed by atoms with Crippen molar-refractivity contribution in [3.63, 3.8) is 0 Å². The molecule has 2 rings (SSSR count). The number of rotatable bonds is 3. The van der Waals surface area contributed by atoms with E-state index in [0.717, 1.165) is 5.56 Å². The van der Waals surface area contributed by atoms with Crippen LogP contribution in [0.25, 0.3) is 0 Å². The van der Waals surface area contributed by atoms with Crippen molar-refractivity contribution in [3.05, 3.63) is 46.7 Å². The third-order valence-electron chi connectivity index (χ3n) is 1.99. The van der Waals surface area contributed by atoms with Gasteiger partial charge in [-0.15, -0.1) is 0 Å². The number of benzene rings is 1. The molecule has 0 atom stereocenters. The summed E-state index contributed by atoms with van der Waals surface area (Å²) in [6, 6.07) is 7.28. The Bertz CT molecular complexity index is 485. The monoisotopic (exact) mass is 237 g/mol. The van der Waals surface area contributed by atoms with Crippen LogP contribution in [0.2, 0.25) is 5.02 Å². The zero-order chi connectivity index (χ0) is 11.4. The Kier molecular flexibility index (Phi) is 3.16. The average Bonchev–Trinajstić information content (AvgIpc) is 2.81. The minimum Gasteiger partial charge on any atom is -0.346 e. The standard InChI is InChI=1S/C10H8ClN3O2/c11-8-4-2-1-3-7(8)5-12-10(15)9-6-13-16-14-9/h1-4,6H,5H2,(H,12,15). The van der Waals surface area contributed by atoms with Crippen molar-refractivity contribution in [2.24, 2.45) is 0 Å². The predicted octanol–water partition coefficient (Wildman–Crippen LogP) is 1.65. The van der Waals surface area contributed by atoms with Crippen molar-refractivity contribution < 1.29 is 9.42 Å². The van der Waals surface area contributed by atoms with Crippen LogP contribution in [-0.2, 0) is 6.54 Å². The Balaban J connectivity index is 1.98. The van der Waals surface area contributed by atoms with Gasteiger partial charge in [0.15, 0.2) is 5.69 Å². The third kappa shape index (κ3) is 2.38. The summed E-state index contributed by atoms with van der Waals surface area (Å²) in [5.74, 6) is -0.346. The molecule has 0 saturated heterocycles. The van der Waals surface area contributed by atoms with Gasteiger partial charge in [0.1, 0.15) is 6.20 Å². The fourth-order valence-electron chi connectivity index (χ4n) is 1.17. The number of nitrogens with one attached hydrogen (secondary N) is 1. The van der Waals surface area contributed by atoms with Crippen LogP contribution in [0.5, 0.6) is 0 Å². The molecule has 0 aliphatic carbocycles.